The summed E-state index contributed by atoms with van der Waals surface area (Å²) in [7, 11) is 0. The van der Waals surface area contributed by atoms with Crippen molar-refractivity contribution >= 4 is 39.0 Å². The molecule has 2 heterocycles. The predicted octanol–water partition coefficient (Wildman–Crippen LogP) is 1.21. The molecule has 2 atom stereocenters. The van der Waals surface area contributed by atoms with Gasteiger partial charge in [-0.05, 0) is 43.3 Å². The van der Waals surface area contributed by atoms with Crippen molar-refractivity contribution in [3.63, 3.8) is 0 Å². The summed E-state index contributed by atoms with van der Waals surface area (Å²) in [6, 6.07) is 8.19. The number of nitrogens with one attached hydrogen (secondary N) is 2. The summed E-state index contributed by atoms with van der Waals surface area (Å²) in [5, 5.41) is 6.48. The smallest absolute Gasteiger partial charge is 0.262 e. The third-order valence-corrected chi connectivity index (χ3v) is 5.57. The molecule has 1 saturated heterocycles. The van der Waals surface area contributed by atoms with Crippen LogP contribution in [0, 0.1) is 0 Å². The maximum Gasteiger partial charge on any atom is 0.262 e. The average molecular weight is 389 g/mol. The minimum absolute atomic E-state index is 0.0108. The van der Waals surface area contributed by atoms with Crippen LogP contribution in [0.25, 0.3) is 10.1 Å². The number of nitrogens with two attached hydrogens (primary N) is 1. The highest BCUT2D eigenvalue weighted by molar-refractivity contribution is 7.20. The fourth-order valence-electron chi connectivity index (χ4n) is 2.95. The van der Waals surface area contributed by atoms with E-state index in [9.17, 15) is 14.4 Å². The van der Waals surface area contributed by atoms with Gasteiger partial charge in [-0.1, -0.05) is 18.2 Å². The van der Waals surface area contributed by atoms with E-state index < -0.39 is 12.1 Å². The zero-order valence-corrected chi connectivity index (χ0v) is 15.7. The van der Waals surface area contributed by atoms with Crippen LogP contribution in [-0.4, -0.2) is 49.4 Å². The Labute approximate surface area is 161 Å². The number of amides is 2. The molecule has 0 spiro atoms. The second-order valence-electron chi connectivity index (χ2n) is 6.50. The number of thiophene rings is 1. The largest absolute Gasteiger partial charge is 0.371 e. The molecule has 1 aliphatic heterocycles. The summed E-state index contributed by atoms with van der Waals surface area (Å²) in [5.41, 5.74) is 5.53. The number of benzene rings is 1. The fourth-order valence-corrected chi connectivity index (χ4v) is 3.92. The van der Waals surface area contributed by atoms with Crippen LogP contribution in [0.4, 0.5) is 0 Å². The second kappa shape index (κ2) is 9.07. The Kier molecular flexibility index (Phi) is 6.54. The van der Waals surface area contributed by atoms with E-state index in [0.717, 1.165) is 16.5 Å². The fraction of sp³-hybridized carbons (Fsp3) is 0.421. The molecule has 27 heavy (non-hydrogen) atoms. The maximum absolute atomic E-state index is 12.7. The normalized spacial score (nSPS) is 17.8. The molecule has 144 valence electrons. The van der Waals surface area contributed by atoms with E-state index >= 15 is 0 Å². The SMILES string of the molecule is NCCCC[C@H](NC(=O)c1cc2ccccc2s1)C(=O)NC1COCC1=O. The zero-order chi connectivity index (χ0) is 19.2. The van der Waals surface area contributed by atoms with Crippen molar-refractivity contribution in [2.75, 3.05) is 19.8 Å². The minimum Gasteiger partial charge on any atom is -0.371 e. The Bertz CT molecular complexity index is 802. The van der Waals surface area contributed by atoms with Crippen molar-refractivity contribution in [3.8, 4) is 0 Å². The highest BCUT2D eigenvalue weighted by atomic mass is 32.1. The molecule has 2 aromatic rings. The van der Waals surface area contributed by atoms with Gasteiger partial charge in [-0.25, -0.2) is 0 Å². The zero-order valence-electron chi connectivity index (χ0n) is 14.9. The van der Waals surface area contributed by atoms with Gasteiger partial charge in [0.05, 0.1) is 11.5 Å². The number of Topliss-reactive ketones (excluding diaryl/α,β-unsaturated/α-hetero) is 1. The molecule has 8 heteroatoms. The van der Waals surface area contributed by atoms with Crippen LogP contribution < -0.4 is 16.4 Å². The molecule has 1 unspecified atom stereocenters. The number of ketones is 1. The van der Waals surface area contributed by atoms with E-state index in [4.69, 9.17) is 10.5 Å². The lowest BCUT2D eigenvalue weighted by atomic mass is 10.1. The monoisotopic (exact) mass is 389 g/mol. The van der Waals surface area contributed by atoms with E-state index in [1.165, 1.54) is 11.3 Å². The molecule has 7 nitrogen and oxygen atoms in total. The van der Waals surface area contributed by atoms with E-state index in [0.29, 0.717) is 24.3 Å². The number of carbonyl (C=O) groups excluding carboxylic acids is 3. The van der Waals surface area contributed by atoms with Gasteiger partial charge in [0.2, 0.25) is 5.91 Å². The van der Waals surface area contributed by atoms with Crippen LogP contribution in [0.5, 0.6) is 0 Å². The molecule has 0 bridgehead atoms. The number of fused-ring (bicyclic) bond motifs is 1. The van der Waals surface area contributed by atoms with Gasteiger partial charge in [0.15, 0.2) is 5.78 Å². The number of hydrogen-bond acceptors (Lipinski definition) is 6. The third kappa shape index (κ3) is 4.91. The molecule has 0 aliphatic carbocycles. The Morgan fingerprint density at radius 3 is 2.81 bits per heavy atom. The van der Waals surface area contributed by atoms with Gasteiger partial charge in [0.25, 0.3) is 5.91 Å². The van der Waals surface area contributed by atoms with E-state index in [1.54, 1.807) is 0 Å². The first-order chi connectivity index (χ1) is 13.1. The highest BCUT2D eigenvalue weighted by Crippen LogP contribution is 2.25. The van der Waals surface area contributed by atoms with Crippen molar-refractivity contribution in [2.24, 2.45) is 5.73 Å². The van der Waals surface area contributed by atoms with Gasteiger partial charge < -0.3 is 21.1 Å². The number of carbonyl (C=O) groups is 3. The van der Waals surface area contributed by atoms with Crippen molar-refractivity contribution in [1.82, 2.24) is 10.6 Å². The van der Waals surface area contributed by atoms with Gasteiger partial charge in [-0.15, -0.1) is 11.3 Å². The maximum atomic E-state index is 12.7. The highest BCUT2D eigenvalue weighted by Gasteiger charge is 2.30. The van der Waals surface area contributed by atoms with Gasteiger partial charge in [0.1, 0.15) is 18.7 Å². The number of ether oxygens (including phenoxy) is 1. The van der Waals surface area contributed by atoms with Crippen LogP contribution in [-0.2, 0) is 14.3 Å². The molecule has 1 aliphatic rings. The molecule has 0 saturated carbocycles. The molecule has 1 fully saturated rings. The first-order valence-corrected chi connectivity index (χ1v) is 9.80. The van der Waals surface area contributed by atoms with Crippen molar-refractivity contribution in [2.45, 2.75) is 31.3 Å². The molecule has 2 amide bonds. The summed E-state index contributed by atoms with van der Waals surface area (Å²) in [6.07, 6.45) is 1.92. The summed E-state index contributed by atoms with van der Waals surface area (Å²) < 4.78 is 6.08. The predicted molar refractivity (Wildman–Crippen MR) is 104 cm³/mol. The summed E-state index contributed by atoms with van der Waals surface area (Å²) in [4.78, 5) is 37.5. The van der Waals surface area contributed by atoms with Crippen molar-refractivity contribution in [3.05, 3.63) is 35.2 Å². The van der Waals surface area contributed by atoms with E-state index in [2.05, 4.69) is 10.6 Å². The summed E-state index contributed by atoms with van der Waals surface area (Å²) in [6.45, 7) is 0.703. The van der Waals surface area contributed by atoms with E-state index in [-0.39, 0.29) is 30.8 Å². The van der Waals surface area contributed by atoms with Crippen LogP contribution in [0.2, 0.25) is 0 Å². The first kappa shape index (κ1) is 19.5. The Hall–Kier alpha value is -2.29. The molecule has 3 rings (SSSR count). The molecule has 1 aromatic carbocycles. The third-order valence-electron chi connectivity index (χ3n) is 4.45. The van der Waals surface area contributed by atoms with Gasteiger partial charge in [0, 0.05) is 4.70 Å². The van der Waals surface area contributed by atoms with Gasteiger partial charge in [-0.2, -0.15) is 0 Å². The van der Waals surface area contributed by atoms with Gasteiger partial charge >= 0.3 is 0 Å². The Morgan fingerprint density at radius 1 is 1.30 bits per heavy atom. The molecule has 4 N–H and O–H groups in total. The van der Waals surface area contributed by atoms with Crippen LogP contribution in [0.15, 0.2) is 30.3 Å². The lowest BCUT2D eigenvalue weighted by Gasteiger charge is -2.19. The second-order valence-corrected chi connectivity index (χ2v) is 7.59. The molecule has 1 aromatic heterocycles. The van der Waals surface area contributed by atoms with Crippen molar-refractivity contribution < 1.29 is 19.1 Å². The summed E-state index contributed by atoms with van der Waals surface area (Å²) >= 11 is 1.38. The number of unbranched alkanes of at least 4 members (excludes halogenated alkanes) is 1. The lowest BCUT2D eigenvalue weighted by Crippen LogP contribution is -2.51. The van der Waals surface area contributed by atoms with Crippen LogP contribution in [0.3, 0.4) is 0 Å². The lowest BCUT2D eigenvalue weighted by molar-refractivity contribution is -0.127. The average Bonchev–Trinajstić information content (AvgIpc) is 3.27. The number of hydrogen-bond donors (Lipinski definition) is 3. The van der Waals surface area contributed by atoms with Gasteiger partial charge in [-0.3, -0.25) is 14.4 Å². The summed E-state index contributed by atoms with van der Waals surface area (Å²) in [5.74, 6) is -0.816. The number of rotatable bonds is 8. The quantitative estimate of drug-likeness (QED) is 0.588. The Balaban J connectivity index is 1.68. The minimum atomic E-state index is -0.720. The Morgan fingerprint density at radius 2 is 2.11 bits per heavy atom. The van der Waals surface area contributed by atoms with Crippen LogP contribution >= 0.6 is 11.3 Å². The molecular formula is C19H23N3O4S. The molecular weight excluding hydrogens is 366 g/mol. The molecule has 0 radical (unpaired) electrons. The van der Waals surface area contributed by atoms with Crippen molar-refractivity contribution in [1.29, 1.82) is 0 Å². The van der Waals surface area contributed by atoms with E-state index in [1.807, 2.05) is 30.3 Å². The van der Waals surface area contributed by atoms with Crippen LogP contribution in [0.1, 0.15) is 28.9 Å². The first-order valence-electron chi connectivity index (χ1n) is 8.99. The standard InChI is InChI=1S/C19H23N3O4S/c20-8-4-3-6-13(18(24)22-14-10-26-11-15(14)23)21-19(25)17-9-12-5-1-2-7-16(12)27-17/h1-2,5,7,9,13-14H,3-4,6,8,10-11,20H2,(H,21,25)(H,22,24)/t13-,14?/m0/s1. The topological polar surface area (TPSA) is 111 Å².